The Morgan fingerprint density at radius 1 is 1.27 bits per heavy atom. The minimum atomic E-state index is -0.0901. The van der Waals surface area contributed by atoms with Gasteiger partial charge in [0, 0.05) is 35.5 Å². The number of fused-ring (bicyclic) bond motifs is 1. The molecule has 6 nitrogen and oxygen atoms in total. The van der Waals surface area contributed by atoms with Gasteiger partial charge in [-0.2, -0.15) is 0 Å². The van der Waals surface area contributed by atoms with Gasteiger partial charge in [-0.05, 0) is 42.8 Å². The Bertz CT molecular complexity index is 1130. The van der Waals surface area contributed by atoms with Crippen molar-refractivity contribution in [2.24, 2.45) is 0 Å². The van der Waals surface area contributed by atoms with Crippen LogP contribution < -0.4 is 9.64 Å². The SMILES string of the molecule is COc1cccc(C(=O)N(CCCn2ccnc2)c2nc3ccc(Br)cc3s2)c1.Cl. The Kier molecular flexibility index (Phi) is 7.47. The largest absolute Gasteiger partial charge is 0.497 e. The lowest BCUT2D eigenvalue weighted by molar-refractivity contribution is 0.0986. The molecule has 4 aromatic rings. The van der Waals surface area contributed by atoms with Gasteiger partial charge in [0.05, 0.1) is 23.7 Å². The van der Waals surface area contributed by atoms with E-state index in [-0.39, 0.29) is 18.3 Å². The lowest BCUT2D eigenvalue weighted by Gasteiger charge is -2.20. The predicted octanol–water partition coefficient (Wildman–Crippen LogP) is 5.42. The van der Waals surface area contributed by atoms with E-state index in [4.69, 9.17) is 9.72 Å². The Morgan fingerprint density at radius 2 is 2.13 bits per heavy atom. The highest BCUT2D eigenvalue weighted by molar-refractivity contribution is 9.10. The first-order valence-electron chi connectivity index (χ1n) is 9.12. The number of nitrogens with zero attached hydrogens (tertiary/aromatic N) is 4. The summed E-state index contributed by atoms with van der Waals surface area (Å²) in [5.74, 6) is 0.565. The summed E-state index contributed by atoms with van der Waals surface area (Å²) in [6, 6.07) is 13.2. The first-order chi connectivity index (χ1) is 14.1. The van der Waals surface area contributed by atoms with Gasteiger partial charge in [-0.3, -0.25) is 9.69 Å². The van der Waals surface area contributed by atoms with Crippen molar-refractivity contribution in [1.29, 1.82) is 0 Å². The molecule has 0 N–H and O–H groups in total. The maximum atomic E-state index is 13.4. The molecule has 0 saturated carbocycles. The van der Waals surface area contributed by atoms with E-state index in [1.807, 2.05) is 41.1 Å². The normalized spacial score (nSPS) is 10.6. The van der Waals surface area contributed by atoms with Crippen molar-refractivity contribution in [2.45, 2.75) is 13.0 Å². The smallest absolute Gasteiger partial charge is 0.260 e. The van der Waals surface area contributed by atoms with E-state index in [1.54, 1.807) is 36.7 Å². The molecule has 0 atom stereocenters. The minimum Gasteiger partial charge on any atom is -0.497 e. The zero-order chi connectivity index (χ0) is 20.2. The second-order valence-corrected chi connectivity index (χ2v) is 8.38. The molecule has 0 aliphatic rings. The molecule has 0 saturated heterocycles. The van der Waals surface area contributed by atoms with Gasteiger partial charge in [-0.25, -0.2) is 9.97 Å². The molecule has 0 fully saturated rings. The molecule has 2 aromatic heterocycles. The number of methoxy groups -OCH3 is 1. The van der Waals surface area contributed by atoms with Gasteiger partial charge in [0.2, 0.25) is 0 Å². The average molecular weight is 508 g/mol. The van der Waals surface area contributed by atoms with Crippen LogP contribution in [0.15, 0.2) is 65.7 Å². The molecule has 0 aliphatic carbocycles. The van der Waals surface area contributed by atoms with Crippen LogP contribution in [0.4, 0.5) is 5.13 Å². The summed E-state index contributed by atoms with van der Waals surface area (Å²) in [7, 11) is 1.60. The fraction of sp³-hybridized carbons (Fsp3) is 0.190. The van der Waals surface area contributed by atoms with E-state index in [2.05, 4.69) is 20.9 Å². The predicted molar refractivity (Wildman–Crippen MR) is 126 cm³/mol. The van der Waals surface area contributed by atoms with Crippen LogP contribution in [0.1, 0.15) is 16.8 Å². The van der Waals surface area contributed by atoms with Crippen LogP contribution in [0, 0.1) is 0 Å². The molecular formula is C21H20BrClN4O2S. The molecule has 0 bridgehead atoms. The quantitative estimate of drug-likeness (QED) is 0.335. The van der Waals surface area contributed by atoms with Crippen molar-refractivity contribution in [3.8, 4) is 5.75 Å². The van der Waals surface area contributed by atoms with E-state index >= 15 is 0 Å². The minimum absolute atomic E-state index is 0. The van der Waals surface area contributed by atoms with Crippen LogP contribution in [0.5, 0.6) is 5.75 Å². The monoisotopic (exact) mass is 506 g/mol. The molecule has 0 unspecified atom stereocenters. The topological polar surface area (TPSA) is 60.2 Å². The van der Waals surface area contributed by atoms with E-state index in [0.29, 0.717) is 23.0 Å². The van der Waals surface area contributed by atoms with Crippen LogP contribution in [-0.2, 0) is 6.54 Å². The van der Waals surface area contributed by atoms with Gasteiger partial charge in [-0.1, -0.05) is 33.3 Å². The highest BCUT2D eigenvalue weighted by Crippen LogP contribution is 2.32. The summed E-state index contributed by atoms with van der Waals surface area (Å²) < 4.78 is 9.31. The number of thiazole rings is 1. The molecular weight excluding hydrogens is 488 g/mol. The number of benzene rings is 2. The van der Waals surface area contributed by atoms with Crippen molar-refractivity contribution in [1.82, 2.24) is 14.5 Å². The number of halogens is 2. The van der Waals surface area contributed by atoms with E-state index in [1.165, 1.54) is 11.3 Å². The summed E-state index contributed by atoms with van der Waals surface area (Å²) in [6.07, 6.45) is 6.24. The van der Waals surface area contributed by atoms with Crippen molar-refractivity contribution >= 4 is 60.9 Å². The number of hydrogen-bond acceptors (Lipinski definition) is 5. The Morgan fingerprint density at radius 3 is 2.90 bits per heavy atom. The third-order valence-corrected chi connectivity index (χ3v) is 6.02. The van der Waals surface area contributed by atoms with E-state index in [0.717, 1.165) is 27.7 Å². The average Bonchev–Trinajstić information content (AvgIpc) is 3.40. The zero-order valence-corrected chi connectivity index (χ0v) is 19.4. The first-order valence-corrected chi connectivity index (χ1v) is 10.7. The van der Waals surface area contributed by atoms with Crippen LogP contribution >= 0.6 is 39.7 Å². The van der Waals surface area contributed by atoms with Crippen LogP contribution in [0.2, 0.25) is 0 Å². The second-order valence-electron chi connectivity index (χ2n) is 6.45. The molecule has 0 radical (unpaired) electrons. The fourth-order valence-corrected chi connectivity index (χ4v) is 4.57. The van der Waals surface area contributed by atoms with Crippen molar-refractivity contribution in [3.63, 3.8) is 0 Å². The van der Waals surface area contributed by atoms with Gasteiger partial charge in [0.15, 0.2) is 5.13 Å². The molecule has 0 spiro atoms. The standard InChI is InChI=1S/C21H19BrN4O2S.ClH/c1-28-17-5-2-4-15(12-17)20(27)26(10-3-9-25-11-8-23-14-25)21-24-18-7-6-16(22)13-19(18)29-21;/h2,4-8,11-14H,3,9-10H2,1H3;1H. The van der Waals surface area contributed by atoms with Gasteiger partial charge < -0.3 is 9.30 Å². The maximum absolute atomic E-state index is 13.4. The summed E-state index contributed by atoms with van der Waals surface area (Å²) in [5, 5.41) is 0.691. The van der Waals surface area contributed by atoms with E-state index in [9.17, 15) is 4.79 Å². The molecule has 2 aromatic carbocycles. The second kappa shape index (κ2) is 10.1. The summed E-state index contributed by atoms with van der Waals surface area (Å²) in [5.41, 5.74) is 1.46. The number of carbonyl (C=O) groups is 1. The number of rotatable bonds is 7. The molecule has 156 valence electrons. The Balaban J connectivity index is 0.00000256. The van der Waals surface area contributed by atoms with Gasteiger partial charge >= 0.3 is 0 Å². The number of imidazole rings is 1. The Hall–Kier alpha value is -2.42. The molecule has 4 rings (SSSR count). The number of ether oxygens (including phenoxy) is 1. The lowest BCUT2D eigenvalue weighted by atomic mass is 10.2. The van der Waals surface area contributed by atoms with Crippen molar-refractivity contribution < 1.29 is 9.53 Å². The van der Waals surface area contributed by atoms with Crippen LogP contribution in [0.25, 0.3) is 10.2 Å². The molecule has 2 heterocycles. The summed E-state index contributed by atoms with van der Waals surface area (Å²) >= 11 is 5.01. The molecule has 30 heavy (non-hydrogen) atoms. The maximum Gasteiger partial charge on any atom is 0.260 e. The first kappa shape index (κ1) is 22.3. The summed E-state index contributed by atoms with van der Waals surface area (Å²) in [6.45, 7) is 1.33. The van der Waals surface area contributed by atoms with E-state index < -0.39 is 0 Å². The highest BCUT2D eigenvalue weighted by Gasteiger charge is 2.21. The van der Waals surface area contributed by atoms with Crippen LogP contribution in [0.3, 0.4) is 0 Å². The highest BCUT2D eigenvalue weighted by atomic mass is 79.9. The Labute approximate surface area is 193 Å². The number of aryl methyl sites for hydroxylation is 1. The molecule has 0 aliphatic heterocycles. The van der Waals surface area contributed by atoms with Gasteiger partial charge in [0.1, 0.15) is 5.75 Å². The number of hydrogen-bond donors (Lipinski definition) is 0. The van der Waals surface area contributed by atoms with Gasteiger partial charge in [0.25, 0.3) is 5.91 Å². The number of anilines is 1. The third-order valence-electron chi connectivity index (χ3n) is 4.49. The van der Waals surface area contributed by atoms with Crippen LogP contribution in [-0.4, -0.2) is 34.1 Å². The number of aromatic nitrogens is 3. The fourth-order valence-electron chi connectivity index (χ4n) is 3.03. The van der Waals surface area contributed by atoms with Crippen molar-refractivity contribution in [2.75, 3.05) is 18.6 Å². The van der Waals surface area contributed by atoms with Gasteiger partial charge in [-0.15, -0.1) is 12.4 Å². The third kappa shape index (κ3) is 5.00. The van der Waals surface area contributed by atoms with Crippen molar-refractivity contribution in [3.05, 3.63) is 71.2 Å². The number of amides is 1. The number of carbonyl (C=O) groups excluding carboxylic acids is 1. The molecule has 1 amide bonds. The summed E-state index contributed by atoms with van der Waals surface area (Å²) in [4.78, 5) is 23.9. The lowest BCUT2D eigenvalue weighted by Crippen LogP contribution is -2.32. The zero-order valence-electron chi connectivity index (χ0n) is 16.2. The molecule has 9 heteroatoms.